The molecule has 1 fully saturated rings. The van der Waals surface area contributed by atoms with Gasteiger partial charge >= 0.3 is 12.0 Å². The number of carboxylic acids is 1. The number of carboxylic acid groups (broad SMARTS) is 1. The second kappa shape index (κ2) is 8.25. The van der Waals surface area contributed by atoms with Gasteiger partial charge in [-0.1, -0.05) is 52.4 Å². The Hall–Kier alpha value is -1.26. The highest BCUT2D eigenvalue weighted by Crippen LogP contribution is 2.27. The zero-order valence-corrected chi connectivity index (χ0v) is 13.6. The molecule has 0 aromatic heterocycles. The van der Waals surface area contributed by atoms with Crippen LogP contribution in [0.25, 0.3) is 0 Å². The quantitative estimate of drug-likeness (QED) is 0.658. The average molecular weight is 298 g/mol. The zero-order chi connectivity index (χ0) is 15.9. The summed E-state index contributed by atoms with van der Waals surface area (Å²) in [5.41, 5.74) is -1.09. The van der Waals surface area contributed by atoms with Crippen LogP contribution in [0.3, 0.4) is 0 Å². The SMILES string of the molecule is CCC(CC)C(C)NC(=O)NC1(C(=O)O)CCCCCC1. The van der Waals surface area contributed by atoms with Gasteiger partial charge in [-0.05, 0) is 25.7 Å². The molecule has 0 spiro atoms. The fourth-order valence-corrected chi connectivity index (χ4v) is 3.30. The molecule has 5 heteroatoms. The lowest BCUT2D eigenvalue weighted by atomic mass is 9.90. The molecular formula is C16H30N2O3. The number of amides is 2. The maximum absolute atomic E-state index is 12.2. The summed E-state index contributed by atoms with van der Waals surface area (Å²) >= 11 is 0. The fraction of sp³-hybridized carbons (Fsp3) is 0.875. The molecule has 1 rings (SSSR count). The Balaban J connectivity index is 2.66. The second-order valence-corrected chi connectivity index (χ2v) is 6.27. The molecule has 0 heterocycles. The second-order valence-electron chi connectivity index (χ2n) is 6.27. The van der Waals surface area contributed by atoms with E-state index in [4.69, 9.17) is 0 Å². The highest BCUT2D eigenvalue weighted by Gasteiger charge is 2.40. The van der Waals surface area contributed by atoms with Crippen LogP contribution in [0.5, 0.6) is 0 Å². The summed E-state index contributed by atoms with van der Waals surface area (Å²) in [5, 5.41) is 15.2. The number of carbonyl (C=O) groups is 2. The number of rotatable bonds is 6. The van der Waals surface area contributed by atoms with Crippen LogP contribution >= 0.6 is 0 Å². The summed E-state index contributed by atoms with van der Waals surface area (Å²) in [7, 11) is 0. The molecule has 1 aliphatic rings. The van der Waals surface area contributed by atoms with E-state index in [9.17, 15) is 14.7 Å². The Kier molecular flexibility index (Phi) is 6.99. The van der Waals surface area contributed by atoms with Crippen molar-refractivity contribution in [3.05, 3.63) is 0 Å². The third-order valence-corrected chi connectivity index (χ3v) is 4.83. The van der Waals surface area contributed by atoms with Crippen LogP contribution in [0.1, 0.15) is 72.1 Å². The van der Waals surface area contributed by atoms with Gasteiger partial charge in [0, 0.05) is 6.04 Å². The van der Waals surface area contributed by atoms with Crippen LogP contribution < -0.4 is 10.6 Å². The highest BCUT2D eigenvalue weighted by molar-refractivity contribution is 5.86. The van der Waals surface area contributed by atoms with Crippen molar-refractivity contribution >= 4 is 12.0 Å². The molecule has 0 saturated heterocycles. The molecule has 21 heavy (non-hydrogen) atoms. The molecule has 1 aliphatic carbocycles. The first-order valence-corrected chi connectivity index (χ1v) is 8.27. The van der Waals surface area contributed by atoms with Gasteiger partial charge in [-0.2, -0.15) is 0 Å². The van der Waals surface area contributed by atoms with E-state index in [1.54, 1.807) is 0 Å². The zero-order valence-electron chi connectivity index (χ0n) is 13.6. The minimum absolute atomic E-state index is 0.0524. The number of urea groups is 1. The van der Waals surface area contributed by atoms with Crippen molar-refractivity contribution < 1.29 is 14.7 Å². The van der Waals surface area contributed by atoms with Crippen LogP contribution in [-0.4, -0.2) is 28.7 Å². The van der Waals surface area contributed by atoms with Crippen molar-refractivity contribution in [3.63, 3.8) is 0 Å². The number of nitrogens with one attached hydrogen (secondary N) is 2. The topological polar surface area (TPSA) is 78.4 Å². The van der Waals surface area contributed by atoms with Crippen molar-refractivity contribution in [1.29, 1.82) is 0 Å². The summed E-state index contributed by atoms with van der Waals surface area (Å²) < 4.78 is 0. The average Bonchev–Trinajstić information content (AvgIpc) is 2.66. The molecule has 5 nitrogen and oxygen atoms in total. The molecule has 1 unspecified atom stereocenters. The van der Waals surface area contributed by atoms with Crippen LogP contribution in [0.15, 0.2) is 0 Å². The summed E-state index contributed by atoms with van der Waals surface area (Å²) in [5.74, 6) is -0.486. The molecular weight excluding hydrogens is 268 g/mol. The Morgan fingerprint density at radius 3 is 2.05 bits per heavy atom. The Morgan fingerprint density at radius 1 is 1.10 bits per heavy atom. The number of hydrogen-bond donors (Lipinski definition) is 3. The van der Waals surface area contributed by atoms with Gasteiger partial charge in [0.05, 0.1) is 0 Å². The molecule has 2 amide bonds. The minimum atomic E-state index is -1.09. The molecule has 1 saturated carbocycles. The molecule has 0 aromatic carbocycles. The largest absolute Gasteiger partial charge is 0.480 e. The van der Waals surface area contributed by atoms with Crippen LogP contribution in [-0.2, 0) is 4.79 Å². The molecule has 0 aliphatic heterocycles. The summed E-state index contributed by atoms with van der Waals surface area (Å²) in [6.07, 6.45) is 6.85. The van der Waals surface area contributed by atoms with Crippen LogP contribution in [0.4, 0.5) is 4.79 Å². The Bertz CT molecular complexity index is 345. The normalized spacial score (nSPS) is 19.6. The van der Waals surface area contributed by atoms with Crippen LogP contribution in [0, 0.1) is 5.92 Å². The van der Waals surface area contributed by atoms with Gasteiger partial charge in [-0.15, -0.1) is 0 Å². The van der Waals surface area contributed by atoms with E-state index in [1.807, 2.05) is 6.92 Å². The van der Waals surface area contributed by atoms with Crippen LogP contribution in [0.2, 0.25) is 0 Å². The van der Waals surface area contributed by atoms with Crippen molar-refractivity contribution in [2.45, 2.75) is 83.7 Å². The Labute approximate surface area is 127 Å². The van der Waals surface area contributed by atoms with E-state index in [1.165, 1.54) is 0 Å². The first-order valence-electron chi connectivity index (χ1n) is 8.27. The standard InChI is InChI=1S/C16H30N2O3/c1-4-13(5-2)12(3)17-15(21)18-16(14(19)20)10-8-6-7-9-11-16/h12-13H,4-11H2,1-3H3,(H,19,20)(H2,17,18,21). The molecule has 3 N–H and O–H groups in total. The van der Waals surface area contributed by atoms with Gasteiger partial charge < -0.3 is 15.7 Å². The third kappa shape index (κ3) is 4.90. The van der Waals surface area contributed by atoms with Gasteiger partial charge in [-0.25, -0.2) is 9.59 Å². The molecule has 1 atom stereocenters. The van der Waals surface area contributed by atoms with E-state index in [-0.39, 0.29) is 12.1 Å². The lowest BCUT2D eigenvalue weighted by Gasteiger charge is -2.31. The molecule has 0 bridgehead atoms. The van der Waals surface area contributed by atoms with Crippen molar-refractivity contribution in [2.24, 2.45) is 5.92 Å². The molecule has 0 aromatic rings. The third-order valence-electron chi connectivity index (χ3n) is 4.83. The van der Waals surface area contributed by atoms with Gasteiger partial charge in [0.2, 0.25) is 0 Å². The molecule has 122 valence electrons. The van der Waals surface area contributed by atoms with Crippen molar-refractivity contribution in [1.82, 2.24) is 10.6 Å². The first kappa shape index (κ1) is 17.8. The number of aliphatic carboxylic acids is 1. The van der Waals surface area contributed by atoms with Crippen molar-refractivity contribution in [3.8, 4) is 0 Å². The lowest BCUT2D eigenvalue weighted by molar-refractivity contribution is -0.145. The van der Waals surface area contributed by atoms with E-state index in [2.05, 4.69) is 24.5 Å². The number of carbonyl (C=O) groups excluding carboxylic acids is 1. The highest BCUT2D eigenvalue weighted by atomic mass is 16.4. The smallest absolute Gasteiger partial charge is 0.329 e. The summed E-state index contributed by atoms with van der Waals surface area (Å²) in [6, 6.07) is -0.296. The summed E-state index contributed by atoms with van der Waals surface area (Å²) in [6.45, 7) is 6.19. The van der Waals surface area contributed by atoms with E-state index in [0.29, 0.717) is 18.8 Å². The maximum atomic E-state index is 12.2. The lowest BCUT2D eigenvalue weighted by Crippen LogP contribution is -2.58. The maximum Gasteiger partial charge on any atom is 0.329 e. The van der Waals surface area contributed by atoms with E-state index < -0.39 is 11.5 Å². The van der Waals surface area contributed by atoms with Gasteiger partial charge in [0.1, 0.15) is 5.54 Å². The van der Waals surface area contributed by atoms with E-state index in [0.717, 1.165) is 38.5 Å². The fourth-order valence-electron chi connectivity index (χ4n) is 3.30. The number of hydrogen-bond acceptors (Lipinski definition) is 2. The van der Waals surface area contributed by atoms with E-state index >= 15 is 0 Å². The molecule has 0 radical (unpaired) electrons. The summed E-state index contributed by atoms with van der Waals surface area (Å²) in [4.78, 5) is 23.8. The van der Waals surface area contributed by atoms with Gasteiger partial charge in [0.15, 0.2) is 0 Å². The van der Waals surface area contributed by atoms with Gasteiger partial charge in [0.25, 0.3) is 0 Å². The predicted molar refractivity (Wildman–Crippen MR) is 83.3 cm³/mol. The monoisotopic (exact) mass is 298 g/mol. The minimum Gasteiger partial charge on any atom is -0.480 e. The van der Waals surface area contributed by atoms with Gasteiger partial charge in [-0.3, -0.25) is 0 Å². The predicted octanol–water partition coefficient (Wildman–Crippen LogP) is 3.29. The Morgan fingerprint density at radius 2 is 1.62 bits per heavy atom. The van der Waals surface area contributed by atoms with Crippen molar-refractivity contribution in [2.75, 3.05) is 0 Å². The first-order chi connectivity index (χ1) is 9.95.